The van der Waals surface area contributed by atoms with E-state index in [9.17, 15) is 4.79 Å². The third kappa shape index (κ3) is 5.99. The lowest BCUT2D eigenvalue weighted by Crippen LogP contribution is -2.24. The Labute approximate surface area is 242 Å². The zero-order valence-electron chi connectivity index (χ0n) is 24.2. The Hall–Kier alpha value is -5.46. The molecule has 0 aliphatic rings. The van der Waals surface area contributed by atoms with Crippen LogP contribution in [0.15, 0.2) is 58.4 Å². The van der Waals surface area contributed by atoms with Gasteiger partial charge >= 0.3 is 0 Å². The van der Waals surface area contributed by atoms with E-state index >= 15 is 0 Å². The van der Waals surface area contributed by atoms with E-state index in [2.05, 4.69) is 25.7 Å². The van der Waals surface area contributed by atoms with Crippen LogP contribution in [0.5, 0.6) is 40.2 Å². The van der Waals surface area contributed by atoms with Crippen LogP contribution in [0.1, 0.15) is 11.3 Å². The zero-order valence-corrected chi connectivity index (χ0v) is 24.2. The minimum Gasteiger partial charge on any atom is -0.497 e. The lowest BCUT2D eigenvalue weighted by molar-refractivity contribution is 0.324. The molecule has 220 valence electrons. The fourth-order valence-electron chi connectivity index (χ4n) is 4.12. The van der Waals surface area contributed by atoms with Crippen molar-refractivity contribution >= 4 is 11.4 Å². The summed E-state index contributed by atoms with van der Waals surface area (Å²) in [5.74, 6) is 3.06. The molecule has 0 radical (unpaired) electrons. The minimum absolute atomic E-state index is 0.0431. The summed E-state index contributed by atoms with van der Waals surface area (Å²) < 4.78 is 38.2. The summed E-state index contributed by atoms with van der Waals surface area (Å²) in [5, 5.41) is 11.3. The van der Waals surface area contributed by atoms with Crippen molar-refractivity contribution in [1.82, 2.24) is 15.2 Å². The summed E-state index contributed by atoms with van der Waals surface area (Å²) >= 11 is 0. The molecular weight excluding hydrogens is 546 g/mol. The minimum atomic E-state index is -0.592. The van der Waals surface area contributed by atoms with Gasteiger partial charge in [-0.25, -0.2) is 10.1 Å². The van der Waals surface area contributed by atoms with Gasteiger partial charge in [0, 0.05) is 17.2 Å². The van der Waals surface area contributed by atoms with E-state index < -0.39 is 5.56 Å². The van der Waals surface area contributed by atoms with Gasteiger partial charge in [-0.15, -0.1) is 0 Å². The number of hydrazone groups is 1. The molecule has 1 aromatic heterocycles. The largest absolute Gasteiger partial charge is 0.497 e. The van der Waals surface area contributed by atoms with Crippen molar-refractivity contribution in [2.24, 2.45) is 5.10 Å². The average Bonchev–Trinajstić information content (AvgIpc) is 3.04. The lowest BCUT2D eigenvalue weighted by Gasteiger charge is -2.16. The number of anilines is 1. The van der Waals surface area contributed by atoms with E-state index in [0.717, 1.165) is 0 Å². The molecular formula is C29H31N5O8. The van der Waals surface area contributed by atoms with Gasteiger partial charge in [0.2, 0.25) is 11.5 Å². The van der Waals surface area contributed by atoms with Gasteiger partial charge < -0.3 is 33.2 Å². The first-order valence-electron chi connectivity index (χ1n) is 12.5. The van der Waals surface area contributed by atoms with Gasteiger partial charge in [0.05, 0.1) is 55.5 Å². The van der Waals surface area contributed by atoms with Crippen molar-refractivity contribution in [3.8, 4) is 51.6 Å². The van der Waals surface area contributed by atoms with E-state index in [1.165, 1.54) is 42.7 Å². The smallest absolute Gasteiger partial charge is 0.292 e. The van der Waals surface area contributed by atoms with Gasteiger partial charge in [-0.3, -0.25) is 10.2 Å². The predicted octanol–water partition coefficient (Wildman–Crippen LogP) is 3.76. The van der Waals surface area contributed by atoms with Crippen molar-refractivity contribution in [2.75, 3.05) is 55.2 Å². The number of hydrogen-bond donors (Lipinski definition) is 2. The summed E-state index contributed by atoms with van der Waals surface area (Å²) in [6.07, 6.45) is 0. The molecule has 0 saturated carbocycles. The highest BCUT2D eigenvalue weighted by molar-refractivity contribution is 6.12. The van der Waals surface area contributed by atoms with Crippen molar-refractivity contribution in [2.45, 2.75) is 0 Å². The number of aromatic nitrogens is 3. The number of nitrogens with one attached hydrogen (secondary N) is 2. The first-order chi connectivity index (χ1) is 20.4. The predicted molar refractivity (Wildman–Crippen MR) is 156 cm³/mol. The number of H-pyrrole nitrogens is 1. The van der Waals surface area contributed by atoms with E-state index in [1.807, 2.05) is 0 Å². The Bertz CT molecular complexity index is 1600. The van der Waals surface area contributed by atoms with Crippen LogP contribution in [-0.2, 0) is 0 Å². The Morgan fingerprint density at radius 2 is 1.31 bits per heavy atom. The molecule has 0 fully saturated rings. The quantitative estimate of drug-likeness (QED) is 0.187. The van der Waals surface area contributed by atoms with Gasteiger partial charge in [0.1, 0.15) is 11.5 Å². The van der Waals surface area contributed by atoms with Gasteiger partial charge in [0.15, 0.2) is 34.5 Å². The molecule has 0 unspecified atom stereocenters. The second-order valence-corrected chi connectivity index (χ2v) is 8.47. The molecule has 3 aromatic carbocycles. The van der Waals surface area contributed by atoms with Crippen LogP contribution in [0.2, 0.25) is 0 Å². The molecule has 13 nitrogen and oxygen atoms in total. The molecule has 4 rings (SSSR count). The second kappa shape index (κ2) is 13.3. The molecule has 0 aliphatic carbocycles. The van der Waals surface area contributed by atoms with Crippen LogP contribution in [0.25, 0.3) is 11.4 Å². The maximum atomic E-state index is 13.2. The second-order valence-electron chi connectivity index (χ2n) is 8.47. The average molecular weight is 578 g/mol. The first-order valence-corrected chi connectivity index (χ1v) is 12.5. The van der Waals surface area contributed by atoms with Crippen molar-refractivity contribution < 1.29 is 33.2 Å². The van der Waals surface area contributed by atoms with E-state index in [-0.39, 0.29) is 17.2 Å². The Balaban J connectivity index is 1.94. The van der Waals surface area contributed by atoms with Crippen LogP contribution in [0, 0.1) is 0 Å². The number of rotatable bonds is 12. The van der Waals surface area contributed by atoms with Crippen molar-refractivity contribution in [3.05, 3.63) is 70.1 Å². The van der Waals surface area contributed by atoms with E-state index in [0.29, 0.717) is 57.1 Å². The molecule has 0 amide bonds. The Morgan fingerprint density at radius 3 is 1.83 bits per heavy atom. The standard InChI is InChI=1S/C29H31N5O8/c1-36-19-10-8-9-18(15-19)31-32-24(16-11-20(37-2)26(41-6)21(12-16)38-3)25-29(35)34-33-28(30-25)17-13-22(39-4)27(42-7)23(14-17)40-5/h8-15,31H,1-7H3,(H,34,35)/b32-24-. The number of nitrogens with zero attached hydrogens (tertiary/aromatic N) is 3. The number of aromatic amines is 1. The Kier molecular flexibility index (Phi) is 9.32. The number of methoxy groups -OCH3 is 7. The fraction of sp³-hybridized carbons (Fsp3) is 0.241. The highest BCUT2D eigenvalue weighted by Crippen LogP contribution is 2.41. The summed E-state index contributed by atoms with van der Waals surface area (Å²) in [7, 11) is 10.6. The number of hydrogen-bond acceptors (Lipinski definition) is 12. The highest BCUT2D eigenvalue weighted by Gasteiger charge is 2.22. The molecule has 4 aromatic rings. The molecule has 0 saturated heterocycles. The van der Waals surface area contributed by atoms with Gasteiger partial charge in [-0.05, 0) is 36.4 Å². The molecule has 2 N–H and O–H groups in total. The van der Waals surface area contributed by atoms with Crippen molar-refractivity contribution in [3.63, 3.8) is 0 Å². The Morgan fingerprint density at radius 1 is 0.738 bits per heavy atom. The van der Waals surface area contributed by atoms with E-state index in [4.69, 9.17) is 33.2 Å². The highest BCUT2D eigenvalue weighted by atomic mass is 16.5. The molecule has 42 heavy (non-hydrogen) atoms. The van der Waals surface area contributed by atoms with Crippen molar-refractivity contribution in [1.29, 1.82) is 0 Å². The van der Waals surface area contributed by atoms with Crippen LogP contribution in [-0.4, -0.2) is 70.7 Å². The zero-order chi connectivity index (χ0) is 30.2. The number of ether oxygens (including phenoxy) is 7. The summed E-state index contributed by atoms with van der Waals surface area (Å²) in [5.41, 5.74) is 4.05. The summed E-state index contributed by atoms with van der Waals surface area (Å²) in [6, 6.07) is 13.8. The third-order valence-electron chi connectivity index (χ3n) is 6.15. The molecule has 1 heterocycles. The maximum absolute atomic E-state index is 13.2. The van der Waals surface area contributed by atoms with Gasteiger partial charge in [-0.1, -0.05) is 6.07 Å². The first kappa shape index (κ1) is 29.5. The van der Waals surface area contributed by atoms with E-state index in [1.54, 1.807) is 55.6 Å². The number of benzene rings is 3. The fourth-order valence-corrected chi connectivity index (χ4v) is 4.12. The van der Waals surface area contributed by atoms with Crippen LogP contribution < -0.4 is 44.1 Å². The van der Waals surface area contributed by atoms with Crippen LogP contribution in [0.3, 0.4) is 0 Å². The topological polar surface area (TPSA) is 148 Å². The normalized spacial score (nSPS) is 11.0. The monoisotopic (exact) mass is 577 g/mol. The van der Waals surface area contributed by atoms with Gasteiger partial charge in [0.25, 0.3) is 5.56 Å². The molecule has 0 bridgehead atoms. The maximum Gasteiger partial charge on any atom is 0.292 e. The molecule has 0 spiro atoms. The molecule has 0 aliphatic heterocycles. The molecule has 0 atom stereocenters. The van der Waals surface area contributed by atoms with Crippen LogP contribution in [0.4, 0.5) is 5.69 Å². The summed E-state index contributed by atoms with van der Waals surface area (Å²) in [4.78, 5) is 17.9. The van der Waals surface area contributed by atoms with Crippen LogP contribution >= 0.6 is 0 Å². The third-order valence-corrected chi connectivity index (χ3v) is 6.15. The molecule has 13 heteroatoms. The summed E-state index contributed by atoms with van der Waals surface area (Å²) in [6.45, 7) is 0. The SMILES string of the molecule is COc1cccc(N/N=C(/c2cc(OC)c(OC)c(OC)c2)c2nc(-c3cc(OC)c(OC)c(OC)c3)n[nH]c2=O)c1. The lowest BCUT2D eigenvalue weighted by atomic mass is 10.1. The van der Waals surface area contributed by atoms with Gasteiger partial charge in [-0.2, -0.15) is 10.2 Å².